The van der Waals surface area contributed by atoms with Gasteiger partial charge in [-0.2, -0.15) is 18.3 Å². The molecule has 9 heteroatoms. The minimum atomic E-state index is -4.51. The van der Waals surface area contributed by atoms with Crippen molar-refractivity contribution in [3.8, 4) is 5.69 Å². The maximum absolute atomic E-state index is 12.7. The molecule has 0 radical (unpaired) electrons. The minimum Gasteiger partial charge on any atom is -0.345 e. The van der Waals surface area contributed by atoms with Gasteiger partial charge in [0.2, 0.25) is 0 Å². The second-order valence-electron chi connectivity index (χ2n) is 6.54. The van der Waals surface area contributed by atoms with E-state index in [1.165, 1.54) is 12.3 Å². The Balaban J connectivity index is 0.00000243. The highest BCUT2D eigenvalue weighted by molar-refractivity contribution is 5.95. The van der Waals surface area contributed by atoms with Gasteiger partial charge in [-0.3, -0.25) is 4.79 Å². The van der Waals surface area contributed by atoms with Gasteiger partial charge in [-0.15, -0.1) is 12.4 Å². The fraction of sp³-hybridized carbons (Fsp3) is 0.412. The number of aromatic nitrogens is 2. The normalized spacial score (nSPS) is 16.5. The van der Waals surface area contributed by atoms with E-state index < -0.39 is 17.4 Å². The summed E-state index contributed by atoms with van der Waals surface area (Å²) in [6.07, 6.45) is -1.23. The Morgan fingerprint density at radius 3 is 2.58 bits per heavy atom. The molecule has 1 aromatic heterocycles. The number of benzene rings is 1. The number of nitrogens with zero attached hydrogens (tertiary/aromatic N) is 2. The van der Waals surface area contributed by atoms with Gasteiger partial charge in [0.25, 0.3) is 5.91 Å². The predicted octanol–water partition coefficient (Wildman–Crippen LogP) is 3.17. The van der Waals surface area contributed by atoms with E-state index in [1.807, 2.05) is 6.92 Å². The van der Waals surface area contributed by atoms with Crippen LogP contribution < -0.4 is 11.1 Å². The second-order valence-corrected chi connectivity index (χ2v) is 6.54. The Kier molecular flexibility index (Phi) is 5.67. The monoisotopic (exact) mass is 388 g/mol. The summed E-state index contributed by atoms with van der Waals surface area (Å²) in [5.74, 6) is 0.0648. The smallest absolute Gasteiger partial charge is 0.345 e. The molecule has 0 bridgehead atoms. The molecule has 1 heterocycles. The van der Waals surface area contributed by atoms with Crippen molar-refractivity contribution in [3.63, 3.8) is 0 Å². The number of halogens is 4. The molecule has 1 unspecified atom stereocenters. The highest BCUT2D eigenvalue weighted by Crippen LogP contribution is 2.39. The van der Waals surface area contributed by atoms with Crippen molar-refractivity contribution in [3.05, 3.63) is 47.8 Å². The zero-order chi connectivity index (χ0) is 18.2. The highest BCUT2D eigenvalue weighted by atomic mass is 35.5. The van der Waals surface area contributed by atoms with Crippen molar-refractivity contribution in [2.24, 2.45) is 11.7 Å². The molecule has 0 aliphatic heterocycles. The van der Waals surface area contributed by atoms with Gasteiger partial charge in [-0.1, -0.05) is 6.07 Å². The Hall–Kier alpha value is -2.06. The molecular weight excluding hydrogens is 369 g/mol. The number of nitrogens with one attached hydrogen (secondary N) is 1. The fourth-order valence-corrected chi connectivity index (χ4v) is 2.78. The van der Waals surface area contributed by atoms with Gasteiger partial charge in [-0.25, -0.2) is 4.68 Å². The lowest BCUT2D eigenvalue weighted by atomic mass is 9.95. The molecular formula is C17H20ClF3N4O. The molecule has 5 nitrogen and oxygen atoms in total. The first-order valence-electron chi connectivity index (χ1n) is 7.99. The van der Waals surface area contributed by atoms with Crippen molar-refractivity contribution in [2.45, 2.75) is 31.5 Å². The Labute approximate surface area is 155 Å². The third-order valence-electron chi connectivity index (χ3n) is 4.55. The van der Waals surface area contributed by atoms with E-state index in [1.54, 1.807) is 18.2 Å². The predicted molar refractivity (Wildman–Crippen MR) is 93.5 cm³/mol. The molecule has 1 saturated carbocycles. The molecule has 26 heavy (non-hydrogen) atoms. The van der Waals surface area contributed by atoms with Crippen molar-refractivity contribution in [2.75, 3.05) is 6.54 Å². The molecule has 2 aromatic rings. The number of hydrogen-bond acceptors (Lipinski definition) is 3. The first kappa shape index (κ1) is 20.3. The molecule has 1 aliphatic rings. The Morgan fingerprint density at radius 1 is 1.35 bits per heavy atom. The van der Waals surface area contributed by atoms with Crippen LogP contribution >= 0.6 is 12.4 Å². The van der Waals surface area contributed by atoms with Crippen molar-refractivity contribution < 1.29 is 18.0 Å². The molecule has 1 aliphatic carbocycles. The van der Waals surface area contributed by atoms with Gasteiger partial charge in [0.05, 0.1) is 11.2 Å². The third-order valence-corrected chi connectivity index (χ3v) is 4.55. The van der Waals surface area contributed by atoms with Crippen LogP contribution in [0.1, 0.15) is 35.8 Å². The maximum atomic E-state index is 12.7. The van der Waals surface area contributed by atoms with Gasteiger partial charge in [0.15, 0.2) is 5.69 Å². The summed E-state index contributed by atoms with van der Waals surface area (Å²) < 4.78 is 39.1. The van der Waals surface area contributed by atoms with Gasteiger partial charge in [-0.05, 0) is 49.9 Å². The van der Waals surface area contributed by atoms with Crippen LogP contribution in [0, 0.1) is 5.92 Å². The number of amides is 1. The number of carbonyl (C=O) groups is 1. The summed E-state index contributed by atoms with van der Waals surface area (Å²) >= 11 is 0. The van der Waals surface area contributed by atoms with Crippen LogP contribution in [-0.2, 0) is 6.18 Å². The summed E-state index contributed by atoms with van der Waals surface area (Å²) in [6.45, 7) is 2.24. The van der Waals surface area contributed by atoms with Crippen molar-refractivity contribution in [1.82, 2.24) is 15.1 Å². The lowest BCUT2D eigenvalue weighted by Crippen LogP contribution is -2.53. The van der Waals surface area contributed by atoms with Gasteiger partial charge < -0.3 is 11.1 Å². The summed E-state index contributed by atoms with van der Waals surface area (Å²) in [4.78, 5) is 12.5. The fourth-order valence-electron chi connectivity index (χ4n) is 2.78. The highest BCUT2D eigenvalue weighted by Gasteiger charge is 2.41. The van der Waals surface area contributed by atoms with E-state index >= 15 is 0 Å². The van der Waals surface area contributed by atoms with E-state index in [4.69, 9.17) is 5.73 Å². The average Bonchev–Trinajstić information content (AvgIpc) is 3.31. The Bertz CT molecular complexity index is 788. The van der Waals surface area contributed by atoms with E-state index in [2.05, 4.69) is 10.4 Å². The van der Waals surface area contributed by atoms with Gasteiger partial charge in [0, 0.05) is 18.3 Å². The van der Waals surface area contributed by atoms with Crippen LogP contribution in [0.5, 0.6) is 0 Å². The van der Waals surface area contributed by atoms with Gasteiger partial charge in [0.1, 0.15) is 0 Å². The van der Waals surface area contributed by atoms with Crippen LogP contribution in [0.2, 0.25) is 0 Å². The van der Waals surface area contributed by atoms with Crippen molar-refractivity contribution >= 4 is 18.3 Å². The van der Waals surface area contributed by atoms with Gasteiger partial charge >= 0.3 is 6.18 Å². The molecule has 1 amide bonds. The first-order chi connectivity index (χ1) is 11.7. The van der Waals surface area contributed by atoms with E-state index in [-0.39, 0.29) is 18.3 Å². The summed E-state index contributed by atoms with van der Waals surface area (Å²) in [5.41, 5.74) is 5.08. The number of hydrogen-bond donors (Lipinski definition) is 2. The Morgan fingerprint density at radius 2 is 2.04 bits per heavy atom. The number of rotatable bonds is 5. The topological polar surface area (TPSA) is 72.9 Å². The zero-order valence-electron chi connectivity index (χ0n) is 14.1. The van der Waals surface area contributed by atoms with Crippen LogP contribution in [0.25, 0.3) is 5.69 Å². The quantitative estimate of drug-likeness (QED) is 0.826. The summed E-state index contributed by atoms with van der Waals surface area (Å²) in [5, 5.41) is 6.48. The zero-order valence-corrected chi connectivity index (χ0v) is 14.9. The molecule has 142 valence electrons. The van der Waals surface area contributed by atoms with Crippen LogP contribution in [-0.4, -0.2) is 27.8 Å². The second kappa shape index (κ2) is 7.28. The molecule has 1 atom stereocenters. The van der Waals surface area contributed by atoms with E-state index in [9.17, 15) is 18.0 Å². The number of nitrogens with two attached hydrogens (primary N) is 1. The first-order valence-corrected chi connectivity index (χ1v) is 7.99. The number of carbonyl (C=O) groups excluding carboxylic acids is 1. The standard InChI is InChI=1S/C17H19F3N4O.ClH/c1-16(10-21,12-5-6-12)22-15(25)11-3-2-4-13(9-11)24-8-7-14(23-24)17(18,19)20;/h2-4,7-9,12H,5-6,10,21H2,1H3,(H,22,25);1H. The lowest BCUT2D eigenvalue weighted by Gasteiger charge is -2.29. The summed E-state index contributed by atoms with van der Waals surface area (Å²) in [6, 6.07) is 7.21. The van der Waals surface area contributed by atoms with Crippen molar-refractivity contribution in [1.29, 1.82) is 0 Å². The van der Waals surface area contributed by atoms with E-state index in [0.717, 1.165) is 23.6 Å². The molecule has 0 spiro atoms. The maximum Gasteiger partial charge on any atom is 0.435 e. The van der Waals surface area contributed by atoms with Crippen LogP contribution in [0.15, 0.2) is 36.5 Å². The molecule has 1 fully saturated rings. The number of alkyl halides is 3. The van der Waals surface area contributed by atoms with E-state index in [0.29, 0.717) is 23.7 Å². The SMILES string of the molecule is CC(CN)(NC(=O)c1cccc(-n2ccc(C(F)(F)F)n2)c1)C1CC1.Cl. The molecule has 3 rings (SSSR count). The third kappa shape index (κ3) is 4.19. The summed E-state index contributed by atoms with van der Waals surface area (Å²) in [7, 11) is 0. The van der Waals surface area contributed by atoms with Crippen LogP contribution in [0.4, 0.5) is 13.2 Å². The molecule has 1 aromatic carbocycles. The van der Waals surface area contributed by atoms with Crippen LogP contribution in [0.3, 0.4) is 0 Å². The minimum absolute atomic E-state index is 0. The molecule has 0 saturated heterocycles. The lowest BCUT2D eigenvalue weighted by molar-refractivity contribution is -0.141. The average molecular weight is 389 g/mol. The molecule has 3 N–H and O–H groups in total. The largest absolute Gasteiger partial charge is 0.435 e.